The van der Waals surface area contributed by atoms with Crippen molar-refractivity contribution in [3.05, 3.63) is 29.3 Å². The van der Waals surface area contributed by atoms with Gasteiger partial charge in [-0.1, -0.05) is 6.07 Å². The molecule has 0 atom stereocenters. The summed E-state index contributed by atoms with van der Waals surface area (Å²) in [5.74, 6) is 1.74. The summed E-state index contributed by atoms with van der Waals surface area (Å²) in [5, 5.41) is 3.20. The number of hydrogen-bond donors (Lipinski definition) is 1. The van der Waals surface area contributed by atoms with E-state index in [1.165, 1.54) is 24.0 Å². The molecule has 4 heteroatoms. The highest BCUT2D eigenvalue weighted by Gasteiger charge is 2.16. The van der Waals surface area contributed by atoms with E-state index in [1.54, 1.807) is 7.11 Å². The van der Waals surface area contributed by atoms with E-state index in [0.29, 0.717) is 0 Å². The number of nitrogens with zero attached hydrogens (tertiary/aromatic N) is 1. The number of methoxy groups -OCH3 is 1. The molecule has 1 N–H and O–H groups in total. The molecule has 1 aliphatic heterocycles. The first kappa shape index (κ1) is 16.3. The molecule has 0 saturated carbocycles. The Morgan fingerprint density at radius 2 is 2.10 bits per heavy atom. The average molecular weight is 292 g/mol. The molecule has 1 aliphatic rings. The van der Waals surface area contributed by atoms with E-state index >= 15 is 0 Å². The lowest BCUT2D eigenvalue weighted by molar-refractivity contribution is 0.0549. The molecule has 0 aliphatic carbocycles. The third kappa shape index (κ3) is 4.99. The minimum atomic E-state index is 0.759. The normalized spacial score (nSPS) is 16.4. The summed E-state index contributed by atoms with van der Waals surface area (Å²) in [6, 6.07) is 6.44. The van der Waals surface area contributed by atoms with E-state index in [9.17, 15) is 0 Å². The van der Waals surface area contributed by atoms with Crippen LogP contribution < -0.4 is 10.1 Å². The second-order valence-corrected chi connectivity index (χ2v) is 5.93. The molecule has 21 heavy (non-hydrogen) atoms. The van der Waals surface area contributed by atoms with Crippen molar-refractivity contribution in [1.29, 1.82) is 0 Å². The Kier molecular flexibility index (Phi) is 6.49. The third-order valence-electron chi connectivity index (χ3n) is 4.08. The van der Waals surface area contributed by atoms with Crippen LogP contribution in [0.25, 0.3) is 0 Å². The van der Waals surface area contributed by atoms with E-state index < -0.39 is 0 Å². The van der Waals surface area contributed by atoms with Gasteiger partial charge in [0, 0.05) is 38.4 Å². The Hall–Kier alpha value is -1.10. The molecule has 1 fully saturated rings. The Balaban J connectivity index is 1.97. The molecule has 118 valence electrons. The fraction of sp³-hybridized carbons (Fsp3) is 0.647. The molecule has 1 aromatic rings. The number of rotatable bonds is 7. The minimum absolute atomic E-state index is 0.759. The van der Waals surface area contributed by atoms with Crippen molar-refractivity contribution in [1.82, 2.24) is 10.2 Å². The van der Waals surface area contributed by atoms with Gasteiger partial charge < -0.3 is 19.7 Å². The highest BCUT2D eigenvalue weighted by Crippen LogP contribution is 2.23. The topological polar surface area (TPSA) is 33.7 Å². The lowest BCUT2D eigenvalue weighted by atomic mass is 9.99. The Morgan fingerprint density at radius 3 is 2.76 bits per heavy atom. The molecular weight excluding hydrogens is 264 g/mol. The number of nitrogens with one attached hydrogen (secondary N) is 1. The molecular formula is C17H28N2O2. The van der Waals surface area contributed by atoms with Crippen LogP contribution in [0.3, 0.4) is 0 Å². The number of ether oxygens (including phenoxy) is 2. The quantitative estimate of drug-likeness (QED) is 0.836. The molecule has 1 aromatic carbocycles. The maximum Gasteiger partial charge on any atom is 0.123 e. The zero-order valence-corrected chi connectivity index (χ0v) is 13.5. The second-order valence-electron chi connectivity index (χ2n) is 5.93. The lowest BCUT2D eigenvalue weighted by Crippen LogP contribution is -2.29. The first-order chi connectivity index (χ1) is 10.2. The van der Waals surface area contributed by atoms with Crippen LogP contribution in [-0.2, 0) is 17.8 Å². The summed E-state index contributed by atoms with van der Waals surface area (Å²) in [5.41, 5.74) is 2.56. The Morgan fingerprint density at radius 1 is 1.33 bits per heavy atom. The van der Waals surface area contributed by atoms with Crippen molar-refractivity contribution < 1.29 is 9.47 Å². The maximum absolute atomic E-state index is 5.50. The molecule has 0 unspecified atom stereocenters. The van der Waals surface area contributed by atoms with Gasteiger partial charge in [0.1, 0.15) is 5.75 Å². The van der Waals surface area contributed by atoms with Crippen molar-refractivity contribution >= 4 is 0 Å². The van der Waals surface area contributed by atoms with Crippen molar-refractivity contribution in [3.8, 4) is 5.75 Å². The highest BCUT2D eigenvalue weighted by atomic mass is 16.5. The monoisotopic (exact) mass is 292 g/mol. The van der Waals surface area contributed by atoms with E-state index in [0.717, 1.165) is 44.5 Å². The summed E-state index contributed by atoms with van der Waals surface area (Å²) >= 11 is 0. The fourth-order valence-corrected chi connectivity index (χ4v) is 2.99. The predicted octanol–water partition coefficient (Wildman–Crippen LogP) is 2.27. The van der Waals surface area contributed by atoms with E-state index in [2.05, 4.69) is 35.5 Å². The van der Waals surface area contributed by atoms with Crippen molar-refractivity contribution in [2.75, 3.05) is 41.0 Å². The van der Waals surface area contributed by atoms with Crippen LogP contribution in [-0.4, -0.2) is 45.9 Å². The molecule has 1 saturated heterocycles. The molecule has 0 aromatic heterocycles. The molecule has 0 spiro atoms. The standard InChI is InChI=1S/C17H28N2O2/c1-18-11-15-4-5-17(20-3)16(10-15)13-19(2)12-14-6-8-21-9-7-14/h4-5,10,14,18H,6-9,11-13H2,1-3H3. The van der Waals surface area contributed by atoms with E-state index in [4.69, 9.17) is 9.47 Å². The third-order valence-corrected chi connectivity index (χ3v) is 4.08. The van der Waals surface area contributed by atoms with Gasteiger partial charge in [-0.05, 0) is 50.6 Å². The van der Waals surface area contributed by atoms with E-state index in [-0.39, 0.29) is 0 Å². The van der Waals surface area contributed by atoms with Crippen LogP contribution in [0.15, 0.2) is 18.2 Å². The first-order valence-electron chi connectivity index (χ1n) is 7.79. The van der Waals surface area contributed by atoms with Gasteiger partial charge in [0.25, 0.3) is 0 Å². The summed E-state index contributed by atoms with van der Waals surface area (Å²) in [4.78, 5) is 2.40. The minimum Gasteiger partial charge on any atom is -0.496 e. The summed E-state index contributed by atoms with van der Waals surface area (Å²) in [6.45, 7) is 4.78. The van der Waals surface area contributed by atoms with Crippen molar-refractivity contribution in [2.45, 2.75) is 25.9 Å². The van der Waals surface area contributed by atoms with Gasteiger partial charge in [-0.2, -0.15) is 0 Å². The van der Waals surface area contributed by atoms with Crippen molar-refractivity contribution in [3.63, 3.8) is 0 Å². The zero-order valence-electron chi connectivity index (χ0n) is 13.5. The first-order valence-corrected chi connectivity index (χ1v) is 7.79. The zero-order chi connectivity index (χ0) is 15.1. The Labute approximate surface area is 128 Å². The summed E-state index contributed by atoms with van der Waals surface area (Å²) < 4.78 is 10.9. The molecule has 0 amide bonds. The van der Waals surface area contributed by atoms with Gasteiger partial charge in [0.2, 0.25) is 0 Å². The average Bonchev–Trinajstić information content (AvgIpc) is 2.49. The van der Waals surface area contributed by atoms with Gasteiger partial charge >= 0.3 is 0 Å². The molecule has 2 rings (SSSR count). The van der Waals surface area contributed by atoms with Crippen LogP contribution in [0.2, 0.25) is 0 Å². The smallest absolute Gasteiger partial charge is 0.123 e. The van der Waals surface area contributed by atoms with Crippen LogP contribution in [0.1, 0.15) is 24.0 Å². The highest BCUT2D eigenvalue weighted by molar-refractivity contribution is 5.37. The fourth-order valence-electron chi connectivity index (χ4n) is 2.99. The van der Waals surface area contributed by atoms with Gasteiger partial charge in [-0.3, -0.25) is 0 Å². The van der Waals surface area contributed by atoms with E-state index in [1.807, 2.05) is 7.05 Å². The van der Waals surface area contributed by atoms with Gasteiger partial charge in [0.05, 0.1) is 7.11 Å². The SMILES string of the molecule is CNCc1ccc(OC)c(CN(C)CC2CCOCC2)c1. The van der Waals surface area contributed by atoms with Crippen LogP contribution in [0, 0.1) is 5.92 Å². The Bertz CT molecular complexity index is 431. The molecule has 1 heterocycles. The molecule has 0 bridgehead atoms. The number of benzene rings is 1. The summed E-state index contributed by atoms with van der Waals surface area (Å²) in [7, 11) is 5.91. The van der Waals surface area contributed by atoms with Gasteiger partial charge in [0.15, 0.2) is 0 Å². The van der Waals surface area contributed by atoms with Crippen molar-refractivity contribution in [2.24, 2.45) is 5.92 Å². The number of hydrogen-bond acceptors (Lipinski definition) is 4. The largest absolute Gasteiger partial charge is 0.496 e. The van der Waals surface area contributed by atoms with Gasteiger partial charge in [-0.25, -0.2) is 0 Å². The summed E-state index contributed by atoms with van der Waals surface area (Å²) in [6.07, 6.45) is 2.36. The molecule has 4 nitrogen and oxygen atoms in total. The van der Waals surface area contributed by atoms with Crippen LogP contribution in [0.5, 0.6) is 5.75 Å². The van der Waals surface area contributed by atoms with Crippen LogP contribution in [0.4, 0.5) is 0 Å². The lowest BCUT2D eigenvalue weighted by Gasteiger charge is -2.27. The molecule has 0 radical (unpaired) electrons. The van der Waals surface area contributed by atoms with Gasteiger partial charge in [-0.15, -0.1) is 0 Å². The van der Waals surface area contributed by atoms with Crippen LogP contribution >= 0.6 is 0 Å². The maximum atomic E-state index is 5.50. The second kappa shape index (κ2) is 8.37. The predicted molar refractivity (Wildman–Crippen MR) is 85.6 cm³/mol.